The molecule has 0 aliphatic carbocycles. The summed E-state index contributed by atoms with van der Waals surface area (Å²) in [5.41, 5.74) is 1.45. The maximum absolute atomic E-state index is 12.4. The van der Waals surface area contributed by atoms with Crippen LogP contribution in [0.3, 0.4) is 0 Å². The molecule has 0 saturated carbocycles. The maximum atomic E-state index is 12.4. The molecule has 0 fully saturated rings. The fourth-order valence-electron chi connectivity index (χ4n) is 2.59. The molecule has 7 nitrogen and oxygen atoms in total. The van der Waals surface area contributed by atoms with Gasteiger partial charge in [-0.25, -0.2) is 0 Å². The Morgan fingerprint density at radius 3 is 2.33 bits per heavy atom. The summed E-state index contributed by atoms with van der Waals surface area (Å²) < 4.78 is 15.5. The Bertz CT molecular complexity index is 1050. The molecule has 0 atom stereocenters. The molecular weight excluding hydrogens is 408 g/mol. The summed E-state index contributed by atoms with van der Waals surface area (Å²) in [5, 5.41) is 5.80. The number of hydrogen-bond donors (Lipinski definition) is 2. The second kappa shape index (κ2) is 9.67. The number of methoxy groups -OCH3 is 2. The van der Waals surface area contributed by atoms with Gasteiger partial charge in [0.25, 0.3) is 5.91 Å². The lowest BCUT2D eigenvalue weighted by atomic mass is 10.2. The van der Waals surface area contributed by atoms with Crippen LogP contribution in [0.25, 0.3) is 6.08 Å². The SMILES string of the molecule is COc1cc(C=CC(=O)Nc2ccc(Cl)cc2NC(=O)c2ccco2)cc(OC)c1. The van der Waals surface area contributed by atoms with Crippen molar-refractivity contribution in [3.8, 4) is 11.5 Å². The van der Waals surface area contributed by atoms with Crippen LogP contribution in [0.5, 0.6) is 11.5 Å². The van der Waals surface area contributed by atoms with E-state index in [0.717, 1.165) is 5.56 Å². The van der Waals surface area contributed by atoms with Crippen molar-refractivity contribution in [2.24, 2.45) is 0 Å². The van der Waals surface area contributed by atoms with Crippen molar-refractivity contribution in [1.29, 1.82) is 0 Å². The third-order valence-electron chi connectivity index (χ3n) is 4.03. The zero-order chi connectivity index (χ0) is 21.5. The third kappa shape index (κ3) is 5.42. The number of anilines is 2. The molecule has 0 aliphatic heterocycles. The van der Waals surface area contributed by atoms with Crippen LogP contribution in [0.15, 0.2) is 65.3 Å². The van der Waals surface area contributed by atoms with Crippen molar-refractivity contribution in [3.63, 3.8) is 0 Å². The van der Waals surface area contributed by atoms with E-state index in [2.05, 4.69) is 10.6 Å². The molecule has 30 heavy (non-hydrogen) atoms. The fourth-order valence-corrected chi connectivity index (χ4v) is 2.76. The van der Waals surface area contributed by atoms with Gasteiger partial charge in [-0.15, -0.1) is 0 Å². The van der Waals surface area contributed by atoms with Gasteiger partial charge in [-0.2, -0.15) is 0 Å². The third-order valence-corrected chi connectivity index (χ3v) is 4.27. The maximum Gasteiger partial charge on any atom is 0.291 e. The molecule has 8 heteroatoms. The standard InChI is InChI=1S/C22H19ClN2O5/c1-28-16-10-14(11-17(13-16)29-2)5-8-21(26)24-18-7-6-15(23)12-19(18)25-22(27)20-4-3-9-30-20/h3-13H,1-2H3,(H,24,26)(H,25,27). The van der Waals surface area contributed by atoms with E-state index < -0.39 is 11.8 Å². The first-order chi connectivity index (χ1) is 14.5. The van der Waals surface area contributed by atoms with E-state index in [1.165, 1.54) is 24.5 Å². The highest BCUT2D eigenvalue weighted by molar-refractivity contribution is 6.31. The molecule has 0 spiro atoms. The quantitative estimate of drug-likeness (QED) is 0.527. The molecule has 0 aliphatic rings. The van der Waals surface area contributed by atoms with E-state index in [1.807, 2.05) is 0 Å². The molecule has 0 radical (unpaired) electrons. The normalized spacial score (nSPS) is 10.6. The largest absolute Gasteiger partial charge is 0.497 e. The van der Waals surface area contributed by atoms with Gasteiger partial charge in [0, 0.05) is 17.2 Å². The van der Waals surface area contributed by atoms with Gasteiger partial charge in [-0.1, -0.05) is 11.6 Å². The molecule has 3 rings (SSSR count). The highest BCUT2D eigenvalue weighted by Gasteiger charge is 2.13. The summed E-state index contributed by atoms with van der Waals surface area (Å²) >= 11 is 6.03. The van der Waals surface area contributed by atoms with E-state index in [1.54, 1.807) is 56.7 Å². The number of amides is 2. The van der Waals surface area contributed by atoms with Crippen molar-refractivity contribution in [2.45, 2.75) is 0 Å². The van der Waals surface area contributed by atoms with Gasteiger partial charge < -0.3 is 24.5 Å². The number of ether oxygens (including phenoxy) is 2. The molecule has 1 heterocycles. The zero-order valence-corrected chi connectivity index (χ0v) is 17.0. The van der Waals surface area contributed by atoms with Crippen LogP contribution >= 0.6 is 11.6 Å². The number of carbonyl (C=O) groups is 2. The van der Waals surface area contributed by atoms with Crippen LogP contribution < -0.4 is 20.1 Å². The van der Waals surface area contributed by atoms with Crippen molar-refractivity contribution >= 4 is 40.9 Å². The van der Waals surface area contributed by atoms with Gasteiger partial charge in [0.05, 0.1) is 31.9 Å². The minimum absolute atomic E-state index is 0.138. The van der Waals surface area contributed by atoms with Crippen LogP contribution in [0, 0.1) is 0 Å². The molecule has 2 amide bonds. The molecule has 3 aromatic rings. The van der Waals surface area contributed by atoms with E-state index in [0.29, 0.717) is 27.9 Å². The Kier molecular flexibility index (Phi) is 6.77. The van der Waals surface area contributed by atoms with Gasteiger partial charge >= 0.3 is 0 Å². The highest BCUT2D eigenvalue weighted by Crippen LogP contribution is 2.27. The lowest BCUT2D eigenvalue weighted by molar-refractivity contribution is -0.111. The lowest BCUT2D eigenvalue weighted by Gasteiger charge is -2.11. The van der Waals surface area contributed by atoms with Gasteiger partial charge in [0.15, 0.2) is 5.76 Å². The summed E-state index contributed by atoms with van der Waals surface area (Å²) in [5.74, 6) is 0.494. The average molecular weight is 427 g/mol. The Hall–Kier alpha value is -3.71. The van der Waals surface area contributed by atoms with Crippen LogP contribution in [0.2, 0.25) is 5.02 Å². The van der Waals surface area contributed by atoms with Crippen molar-refractivity contribution in [1.82, 2.24) is 0 Å². The number of benzene rings is 2. The number of hydrogen-bond acceptors (Lipinski definition) is 5. The second-order valence-corrected chi connectivity index (χ2v) is 6.53. The molecule has 2 aromatic carbocycles. The topological polar surface area (TPSA) is 89.8 Å². The first-order valence-corrected chi connectivity index (χ1v) is 9.23. The number of halogens is 1. The molecular formula is C22H19ClN2O5. The molecule has 0 bridgehead atoms. The van der Waals surface area contributed by atoms with E-state index >= 15 is 0 Å². The van der Waals surface area contributed by atoms with Crippen LogP contribution in [0.4, 0.5) is 11.4 Å². The van der Waals surface area contributed by atoms with Gasteiger partial charge in [-0.3, -0.25) is 9.59 Å². The second-order valence-electron chi connectivity index (χ2n) is 6.09. The molecule has 0 saturated heterocycles. The predicted octanol–water partition coefficient (Wildman–Crippen LogP) is 4.85. The summed E-state index contributed by atoms with van der Waals surface area (Å²) in [6.07, 6.45) is 4.38. The lowest BCUT2D eigenvalue weighted by Crippen LogP contribution is -2.15. The van der Waals surface area contributed by atoms with Crippen molar-refractivity contribution in [2.75, 3.05) is 24.9 Å². The first-order valence-electron chi connectivity index (χ1n) is 8.85. The predicted molar refractivity (Wildman–Crippen MR) is 115 cm³/mol. The minimum Gasteiger partial charge on any atom is -0.497 e. The van der Waals surface area contributed by atoms with E-state index in [-0.39, 0.29) is 5.76 Å². The zero-order valence-electron chi connectivity index (χ0n) is 16.3. The van der Waals surface area contributed by atoms with E-state index in [4.69, 9.17) is 25.5 Å². The molecule has 0 unspecified atom stereocenters. The monoisotopic (exact) mass is 426 g/mol. The Morgan fingerprint density at radius 2 is 1.70 bits per heavy atom. The number of carbonyl (C=O) groups excluding carboxylic acids is 2. The average Bonchev–Trinajstić information content (AvgIpc) is 3.29. The summed E-state index contributed by atoms with van der Waals surface area (Å²) in [7, 11) is 3.10. The van der Waals surface area contributed by atoms with Crippen LogP contribution in [-0.4, -0.2) is 26.0 Å². The Balaban J connectivity index is 1.75. The Morgan fingerprint density at radius 1 is 0.967 bits per heavy atom. The van der Waals surface area contributed by atoms with Gasteiger partial charge in [0.1, 0.15) is 11.5 Å². The van der Waals surface area contributed by atoms with Gasteiger partial charge in [0.2, 0.25) is 5.91 Å². The molecule has 2 N–H and O–H groups in total. The van der Waals surface area contributed by atoms with Crippen LogP contribution in [-0.2, 0) is 4.79 Å². The number of nitrogens with one attached hydrogen (secondary N) is 2. The molecule has 154 valence electrons. The van der Waals surface area contributed by atoms with Crippen molar-refractivity contribution in [3.05, 3.63) is 77.2 Å². The summed E-state index contributed by atoms with van der Waals surface area (Å²) in [4.78, 5) is 24.7. The smallest absolute Gasteiger partial charge is 0.291 e. The highest BCUT2D eigenvalue weighted by atomic mass is 35.5. The Labute approximate surface area is 178 Å². The van der Waals surface area contributed by atoms with Gasteiger partial charge in [-0.05, 0) is 54.1 Å². The fraction of sp³-hybridized carbons (Fsp3) is 0.0909. The minimum atomic E-state index is -0.461. The van der Waals surface area contributed by atoms with E-state index in [9.17, 15) is 9.59 Å². The molecule has 1 aromatic heterocycles. The van der Waals surface area contributed by atoms with Crippen molar-refractivity contribution < 1.29 is 23.5 Å². The summed E-state index contributed by atoms with van der Waals surface area (Å²) in [6, 6.07) is 13.1. The number of furan rings is 1. The van der Waals surface area contributed by atoms with Crippen LogP contribution in [0.1, 0.15) is 16.1 Å². The summed E-state index contributed by atoms with van der Waals surface area (Å²) in [6.45, 7) is 0. The number of rotatable bonds is 7. The first kappa shape index (κ1) is 21.0.